The molecule has 6 heteroatoms. The Kier molecular flexibility index (Phi) is 4.36. The second kappa shape index (κ2) is 6.42. The summed E-state index contributed by atoms with van der Waals surface area (Å²) in [4.78, 5) is 8.89. The maximum absolute atomic E-state index is 13.9. The van der Waals surface area contributed by atoms with E-state index in [1.807, 2.05) is 11.6 Å². The van der Waals surface area contributed by atoms with Gasteiger partial charge in [-0.2, -0.15) is 5.26 Å². The number of nitrogens with zero attached hydrogens (tertiary/aromatic N) is 4. The topological polar surface area (TPSA) is 43.2 Å². The van der Waals surface area contributed by atoms with Crippen molar-refractivity contribution in [3.05, 3.63) is 46.7 Å². The number of hydrogen-bond donors (Lipinski definition) is 0. The van der Waals surface area contributed by atoms with E-state index in [0.717, 1.165) is 24.8 Å². The van der Waals surface area contributed by atoms with E-state index >= 15 is 0 Å². The molecule has 2 aromatic rings. The van der Waals surface area contributed by atoms with Crippen molar-refractivity contribution in [1.29, 1.82) is 5.26 Å². The van der Waals surface area contributed by atoms with Gasteiger partial charge in [-0.3, -0.25) is 4.90 Å². The fraction of sp³-hybridized carbons (Fsp3) is 0.375. The number of hydrogen-bond acceptors (Lipinski definition) is 5. The van der Waals surface area contributed by atoms with Crippen molar-refractivity contribution >= 4 is 16.5 Å². The first-order valence-corrected chi connectivity index (χ1v) is 8.12. The van der Waals surface area contributed by atoms with Gasteiger partial charge in [0.2, 0.25) is 0 Å². The van der Waals surface area contributed by atoms with Crippen LogP contribution in [0.5, 0.6) is 0 Å². The molecule has 0 amide bonds. The van der Waals surface area contributed by atoms with Gasteiger partial charge in [0.15, 0.2) is 5.13 Å². The van der Waals surface area contributed by atoms with E-state index in [-0.39, 0.29) is 5.82 Å². The smallest absolute Gasteiger partial charge is 0.185 e. The van der Waals surface area contributed by atoms with E-state index in [4.69, 9.17) is 5.26 Å². The molecule has 1 aliphatic rings. The Morgan fingerprint density at radius 1 is 1.45 bits per heavy atom. The molecule has 114 valence electrons. The quantitative estimate of drug-likeness (QED) is 0.873. The molecule has 1 aromatic carbocycles. The van der Waals surface area contributed by atoms with E-state index in [0.29, 0.717) is 23.7 Å². The predicted molar refractivity (Wildman–Crippen MR) is 85.3 cm³/mol. The largest absolute Gasteiger partial charge is 0.343 e. The first-order valence-electron chi connectivity index (χ1n) is 7.24. The summed E-state index contributed by atoms with van der Waals surface area (Å²) < 4.78 is 13.9. The molecule has 22 heavy (non-hydrogen) atoms. The van der Waals surface area contributed by atoms with Gasteiger partial charge in [-0.1, -0.05) is 0 Å². The molecule has 0 aliphatic carbocycles. The number of piperazine rings is 1. The average molecular weight is 316 g/mol. The highest BCUT2D eigenvalue weighted by molar-refractivity contribution is 7.13. The van der Waals surface area contributed by atoms with Crippen molar-refractivity contribution < 1.29 is 4.39 Å². The predicted octanol–water partition coefficient (Wildman–Crippen LogP) is 2.86. The van der Waals surface area contributed by atoms with E-state index in [1.54, 1.807) is 17.4 Å². The zero-order chi connectivity index (χ0) is 15.5. The van der Waals surface area contributed by atoms with Crippen molar-refractivity contribution in [1.82, 2.24) is 9.88 Å². The van der Waals surface area contributed by atoms with Crippen LogP contribution in [0.25, 0.3) is 0 Å². The summed E-state index contributed by atoms with van der Waals surface area (Å²) in [6, 6.07) is 6.94. The minimum Gasteiger partial charge on any atom is -0.343 e. The van der Waals surface area contributed by atoms with Gasteiger partial charge in [-0.25, -0.2) is 9.37 Å². The molecule has 1 saturated heterocycles. The molecule has 0 N–H and O–H groups in total. The van der Waals surface area contributed by atoms with Crippen LogP contribution in [0, 0.1) is 17.1 Å². The van der Waals surface area contributed by atoms with Crippen molar-refractivity contribution in [3.63, 3.8) is 0 Å². The van der Waals surface area contributed by atoms with Gasteiger partial charge in [0, 0.05) is 49.4 Å². The van der Waals surface area contributed by atoms with Crippen molar-refractivity contribution in [2.24, 2.45) is 0 Å². The van der Waals surface area contributed by atoms with Crippen LogP contribution in [0.4, 0.5) is 9.52 Å². The molecule has 3 rings (SSSR count). The monoisotopic (exact) mass is 316 g/mol. The Labute approximate surface area is 133 Å². The Morgan fingerprint density at radius 2 is 2.32 bits per heavy atom. The maximum Gasteiger partial charge on any atom is 0.185 e. The van der Waals surface area contributed by atoms with Gasteiger partial charge >= 0.3 is 0 Å². The van der Waals surface area contributed by atoms with Crippen molar-refractivity contribution in [2.45, 2.75) is 19.5 Å². The second-order valence-electron chi connectivity index (χ2n) is 5.51. The van der Waals surface area contributed by atoms with Crippen LogP contribution < -0.4 is 4.90 Å². The van der Waals surface area contributed by atoms with E-state index < -0.39 is 0 Å². The average Bonchev–Trinajstić information content (AvgIpc) is 3.04. The molecule has 1 atom stereocenters. The first kappa shape index (κ1) is 14.9. The van der Waals surface area contributed by atoms with Gasteiger partial charge in [0.25, 0.3) is 0 Å². The maximum atomic E-state index is 13.9. The van der Waals surface area contributed by atoms with Gasteiger partial charge in [-0.15, -0.1) is 11.3 Å². The van der Waals surface area contributed by atoms with Crippen LogP contribution in [0.15, 0.2) is 29.8 Å². The molecule has 0 saturated carbocycles. The third-order valence-corrected chi connectivity index (χ3v) is 4.75. The number of aromatic nitrogens is 1. The van der Waals surface area contributed by atoms with Crippen LogP contribution in [-0.2, 0) is 6.54 Å². The van der Waals surface area contributed by atoms with E-state index in [2.05, 4.69) is 27.8 Å². The number of rotatable bonds is 3. The summed E-state index contributed by atoms with van der Waals surface area (Å²) in [5.41, 5.74) is 1.10. The number of nitriles is 1. The lowest BCUT2D eigenvalue weighted by molar-refractivity contribution is 0.218. The lowest BCUT2D eigenvalue weighted by atomic mass is 10.1. The molecule has 0 spiro atoms. The fourth-order valence-corrected chi connectivity index (χ4v) is 3.60. The molecule has 1 fully saturated rings. The number of benzene rings is 1. The lowest BCUT2D eigenvalue weighted by Gasteiger charge is -2.39. The van der Waals surface area contributed by atoms with Crippen LogP contribution in [-0.4, -0.2) is 35.6 Å². The summed E-state index contributed by atoms with van der Waals surface area (Å²) >= 11 is 1.65. The lowest BCUT2D eigenvalue weighted by Crippen LogP contribution is -2.51. The number of anilines is 1. The van der Waals surface area contributed by atoms with Gasteiger partial charge in [0.05, 0.1) is 11.6 Å². The molecular formula is C16H17FN4S. The summed E-state index contributed by atoms with van der Waals surface area (Å²) in [6.45, 7) is 5.30. The third-order valence-electron chi connectivity index (χ3n) is 3.95. The second-order valence-corrected chi connectivity index (χ2v) is 6.38. The molecular weight excluding hydrogens is 299 g/mol. The Morgan fingerprint density at radius 3 is 3.00 bits per heavy atom. The van der Waals surface area contributed by atoms with Crippen LogP contribution in [0.1, 0.15) is 18.1 Å². The molecule has 1 aromatic heterocycles. The summed E-state index contributed by atoms with van der Waals surface area (Å²) in [6.07, 6.45) is 1.82. The van der Waals surface area contributed by atoms with Crippen molar-refractivity contribution in [2.75, 3.05) is 24.5 Å². The van der Waals surface area contributed by atoms with E-state index in [9.17, 15) is 4.39 Å². The zero-order valence-corrected chi connectivity index (χ0v) is 13.2. The molecule has 4 nitrogen and oxygen atoms in total. The standard InChI is InChI=1S/C16H17FN4S/c1-12-10-20(5-6-21(12)16-19-4-7-22-16)11-14-8-13(9-18)2-3-15(14)17/h2-4,7-8,12H,5-6,10-11H2,1H3/t12-/m1/s1. The Bertz CT molecular complexity index is 680. The van der Waals surface area contributed by atoms with Crippen LogP contribution in [0.3, 0.4) is 0 Å². The molecule has 2 heterocycles. The fourth-order valence-electron chi connectivity index (χ4n) is 2.82. The Balaban J connectivity index is 1.68. The molecule has 1 aliphatic heterocycles. The summed E-state index contributed by atoms with van der Waals surface area (Å²) in [7, 11) is 0. The molecule has 0 radical (unpaired) electrons. The Hall–Kier alpha value is -1.97. The van der Waals surface area contributed by atoms with Crippen LogP contribution in [0.2, 0.25) is 0 Å². The molecule has 0 bridgehead atoms. The molecule has 0 unspecified atom stereocenters. The minimum absolute atomic E-state index is 0.242. The highest BCUT2D eigenvalue weighted by Gasteiger charge is 2.25. The first-order chi connectivity index (χ1) is 10.7. The number of thiazole rings is 1. The summed E-state index contributed by atoms with van der Waals surface area (Å²) in [5, 5.41) is 12.0. The zero-order valence-electron chi connectivity index (χ0n) is 12.4. The highest BCUT2D eigenvalue weighted by Crippen LogP contribution is 2.23. The van der Waals surface area contributed by atoms with E-state index in [1.165, 1.54) is 12.1 Å². The normalized spacial score (nSPS) is 19.1. The van der Waals surface area contributed by atoms with Gasteiger partial charge in [-0.05, 0) is 25.1 Å². The van der Waals surface area contributed by atoms with Gasteiger partial charge in [0.1, 0.15) is 5.82 Å². The van der Waals surface area contributed by atoms with Crippen LogP contribution >= 0.6 is 11.3 Å². The third kappa shape index (κ3) is 3.11. The van der Waals surface area contributed by atoms with Crippen molar-refractivity contribution in [3.8, 4) is 6.07 Å². The SMILES string of the molecule is C[C@@H]1CN(Cc2cc(C#N)ccc2F)CCN1c1nccs1. The minimum atomic E-state index is -0.242. The highest BCUT2D eigenvalue weighted by atomic mass is 32.1. The number of halogens is 1. The van der Waals surface area contributed by atoms with Gasteiger partial charge < -0.3 is 4.90 Å². The summed E-state index contributed by atoms with van der Waals surface area (Å²) in [5.74, 6) is -0.242.